The molecule has 0 fully saturated rings. The lowest BCUT2D eigenvalue weighted by atomic mass is 9.94. The predicted molar refractivity (Wildman–Crippen MR) is 101 cm³/mol. The lowest BCUT2D eigenvalue weighted by Gasteiger charge is -2.36. The van der Waals surface area contributed by atoms with E-state index in [0.29, 0.717) is 0 Å². The number of hydrogen-bond donors (Lipinski definition) is 2. The smallest absolute Gasteiger partial charge is 0.346 e. The van der Waals surface area contributed by atoms with Crippen molar-refractivity contribution in [2.75, 3.05) is 0 Å². The fraction of sp³-hybridized carbons (Fsp3) is 0.143. The van der Waals surface area contributed by atoms with Gasteiger partial charge in [-0.2, -0.15) is 0 Å². The predicted octanol–water partition coefficient (Wildman–Crippen LogP) is 0.717. The van der Waals surface area contributed by atoms with E-state index in [1.54, 1.807) is 6.07 Å². The molecule has 10 heteroatoms. The van der Waals surface area contributed by atoms with Crippen molar-refractivity contribution in [3.8, 4) is 0 Å². The third-order valence-electron chi connectivity index (χ3n) is 4.71. The van der Waals surface area contributed by atoms with Crippen LogP contribution in [0.3, 0.4) is 0 Å². The van der Waals surface area contributed by atoms with Crippen molar-refractivity contribution in [1.29, 1.82) is 0 Å². The number of amides is 2. The van der Waals surface area contributed by atoms with Gasteiger partial charge in [0.25, 0.3) is 17.6 Å². The number of esters is 3. The second-order valence-corrected chi connectivity index (χ2v) is 6.75. The Morgan fingerprint density at radius 1 is 0.645 bits per heavy atom. The van der Waals surface area contributed by atoms with Gasteiger partial charge in [-0.25, -0.2) is 4.79 Å². The quantitative estimate of drug-likeness (QED) is 0.467. The molecule has 156 valence electrons. The van der Waals surface area contributed by atoms with Crippen molar-refractivity contribution in [3.05, 3.63) is 70.8 Å². The summed E-state index contributed by atoms with van der Waals surface area (Å²) in [6.45, 7) is 0. The maximum atomic E-state index is 13.2. The van der Waals surface area contributed by atoms with Gasteiger partial charge < -0.3 is 9.47 Å². The number of rotatable bonds is 0. The van der Waals surface area contributed by atoms with E-state index in [2.05, 4.69) is 15.4 Å². The standard InChI is InChI=1S/C21H14N2O8/c24-15-9-10-16(25)31-21(17(26)11-5-1-2-6-12(11)18(27)22-21)23-19(28)13-7-3-4-8-14(13)20(29)30-15/h1-8H,9-10H2,(H,22,27)(H,23,28). The first-order valence-electron chi connectivity index (χ1n) is 9.15. The molecule has 1 unspecified atom stereocenters. The molecule has 1 atom stereocenters. The van der Waals surface area contributed by atoms with Gasteiger partial charge in [-0.3, -0.25) is 34.6 Å². The highest BCUT2D eigenvalue weighted by Crippen LogP contribution is 2.25. The lowest BCUT2D eigenvalue weighted by molar-refractivity contribution is -0.161. The number of fused-ring (bicyclic) bond motifs is 2. The molecule has 2 aliphatic rings. The first-order valence-corrected chi connectivity index (χ1v) is 9.15. The summed E-state index contributed by atoms with van der Waals surface area (Å²) < 4.78 is 9.87. The summed E-state index contributed by atoms with van der Waals surface area (Å²) in [6.07, 6.45) is -1.08. The number of ketones is 1. The zero-order chi connectivity index (χ0) is 22.2. The fourth-order valence-corrected chi connectivity index (χ4v) is 3.26. The Bertz CT molecular complexity index is 1170. The number of ether oxygens (including phenoxy) is 2. The largest absolute Gasteiger partial charge is 0.412 e. The fourth-order valence-electron chi connectivity index (χ4n) is 3.26. The molecule has 0 bridgehead atoms. The Labute approximate surface area is 174 Å². The second-order valence-electron chi connectivity index (χ2n) is 6.75. The Kier molecular flexibility index (Phi) is 4.82. The average Bonchev–Trinajstić information content (AvgIpc) is 2.75. The van der Waals surface area contributed by atoms with Crippen molar-refractivity contribution in [2.24, 2.45) is 0 Å². The van der Waals surface area contributed by atoms with E-state index in [0.717, 1.165) is 0 Å². The van der Waals surface area contributed by atoms with E-state index in [1.165, 1.54) is 42.5 Å². The van der Waals surface area contributed by atoms with Gasteiger partial charge in [0.1, 0.15) is 0 Å². The molecular weight excluding hydrogens is 408 g/mol. The number of nitrogens with one attached hydrogen (secondary N) is 2. The van der Waals surface area contributed by atoms with Crippen LogP contribution in [0.25, 0.3) is 0 Å². The van der Waals surface area contributed by atoms with Gasteiger partial charge >= 0.3 is 23.8 Å². The Morgan fingerprint density at radius 3 is 1.74 bits per heavy atom. The molecule has 2 amide bonds. The lowest BCUT2D eigenvalue weighted by Crippen LogP contribution is -2.70. The van der Waals surface area contributed by atoms with Gasteiger partial charge in [-0.1, -0.05) is 30.3 Å². The van der Waals surface area contributed by atoms with Crippen LogP contribution < -0.4 is 10.6 Å². The summed E-state index contributed by atoms with van der Waals surface area (Å²) in [5.41, 5.74) is -0.536. The number of Topliss-reactive ketones (excluding diaryl/α,β-unsaturated/α-hetero) is 1. The van der Waals surface area contributed by atoms with E-state index >= 15 is 0 Å². The highest BCUT2D eigenvalue weighted by atomic mass is 16.6. The van der Waals surface area contributed by atoms with E-state index in [1.807, 2.05) is 0 Å². The number of carbonyl (C=O) groups excluding carboxylic acids is 6. The maximum Gasteiger partial charge on any atom is 0.346 e. The minimum Gasteiger partial charge on any atom is -0.412 e. The molecule has 2 heterocycles. The van der Waals surface area contributed by atoms with Crippen LogP contribution in [0.2, 0.25) is 0 Å². The molecule has 1 spiro atoms. The summed E-state index contributed by atoms with van der Waals surface area (Å²) >= 11 is 0. The summed E-state index contributed by atoms with van der Waals surface area (Å²) in [7, 11) is 0. The van der Waals surface area contributed by atoms with Crippen LogP contribution in [0.1, 0.15) is 54.3 Å². The second kappa shape index (κ2) is 7.48. The van der Waals surface area contributed by atoms with Crippen LogP contribution >= 0.6 is 0 Å². The molecule has 2 N–H and O–H groups in total. The topological polar surface area (TPSA) is 145 Å². The first kappa shape index (κ1) is 20.0. The van der Waals surface area contributed by atoms with Gasteiger partial charge in [0.15, 0.2) is 0 Å². The number of benzene rings is 2. The van der Waals surface area contributed by atoms with Crippen molar-refractivity contribution >= 4 is 35.5 Å². The molecule has 2 aromatic rings. The van der Waals surface area contributed by atoms with Gasteiger partial charge in [0.05, 0.1) is 29.5 Å². The van der Waals surface area contributed by atoms with E-state index in [9.17, 15) is 28.8 Å². The van der Waals surface area contributed by atoms with Crippen molar-refractivity contribution < 1.29 is 38.2 Å². The SMILES string of the molecule is O=C1CCC(=O)OC2(NC(=O)c3ccccc3C(=O)O1)NC(=O)c1ccccc1C2=O. The molecule has 0 radical (unpaired) electrons. The molecular formula is C21H14N2O8. The zero-order valence-electron chi connectivity index (χ0n) is 15.8. The monoisotopic (exact) mass is 422 g/mol. The van der Waals surface area contributed by atoms with Crippen LogP contribution in [0, 0.1) is 0 Å². The van der Waals surface area contributed by atoms with Gasteiger partial charge in [0.2, 0.25) is 0 Å². The normalized spacial score (nSPS) is 21.5. The van der Waals surface area contributed by atoms with Crippen LogP contribution in [0.4, 0.5) is 0 Å². The van der Waals surface area contributed by atoms with Crippen LogP contribution in [0.5, 0.6) is 0 Å². The van der Waals surface area contributed by atoms with E-state index in [-0.39, 0.29) is 22.3 Å². The highest BCUT2D eigenvalue weighted by molar-refractivity contribution is 6.19. The Balaban J connectivity index is 1.83. The molecule has 31 heavy (non-hydrogen) atoms. The molecule has 4 rings (SSSR count). The maximum absolute atomic E-state index is 13.2. The van der Waals surface area contributed by atoms with E-state index in [4.69, 9.17) is 4.74 Å². The van der Waals surface area contributed by atoms with Crippen LogP contribution in [-0.4, -0.2) is 41.4 Å². The summed E-state index contributed by atoms with van der Waals surface area (Å²) in [4.78, 5) is 75.4. The van der Waals surface area contributed by atoms with Gasteiger partial charge in [-0.15, -0.1) is 0 Å². The molecule has 0 saturated heterocycles. The molecule has 0 saturated carbocycles. The third-order valence-corrected chi connectivity index (χ3v) is 4.71. The molecule has 10 nitrogen and oxygen atoms in total. The molecule has 0 aliphatic carbocycles. The minimum atomic E-state index is -2.56. The molecule has 2 aromatic carbocycles. The first-order chi connectivity index (χ1) is 14.8. The highest BCUT2D eigenvalue weighted by Gasteiger charge is 2.51. The van der Waals surface area contributed by atoms with E-state index < -0.39 is 54.2 Å². The van der Waals surface area contributed by atoms with Gasteiger partial charge in [-0.05, 0) is 18.2 Å². The summed E-state index contributed by atoms with van der Waals surface area (Å²) in [6, 6.07) is 11.2. The summed E-state index contributed by atoms with van der Waals surface area (Å²) in [5.74, 6) is -8.42. The van der Waals surface area contributed by atoms with Crippen molar-refractivity contribution in [1.82, 2.24) is 10.6 Å². The van der Waals surface area contributed by atoms with Crippen LogP contribution in [-0.2, 0) is 19.1 Å². The minimum absolute atomic E-state index is 0.0358. The summed E-state index contributed by atoms with van der Waals surface area (Å²) in [5, 5.41) is 4.47. The Morgan fingerprint density at radius 2 is 1.13 bits per heavy atom. The van der Waals surface area contributed by atoms with Crippen molar-refractivity contribution in [3.63, 3.8) is 0 Å². The number of cyclic esters (lactones) is 2. The number of carbonyl (C=O) groups is 6. The number of hydrogen-bond acceptors (Lipinski definition) is 8. The zero-order valence-corrected chi connectivity index (χ0v) is 15.8. The third kappa shape index (κ3) is 3.54. The molecule has 2 aliphatic heterocycles. The average molecular weight is 422 g/mol. The van der Waals surface area contributed by atoms with Gasteiger partial charge in [0, 0.05) is 5.56 Å². The molecule has 0 aromatic heterocycles. The van der Waals surface area contributed by atoms with Crippen molar-refractivity contribution in [2.45, 2.75) is 18.7 Å². The van der Waals surface area contributed by atoms with Crippen LogP contribution in [0.15, 0.2) is 48.5 Å². The Hall–Kier alpha value is -4.34.